The molecule has 2 aliphatic heterocycles. The van der Waals surface area contributed by atoms with Gasteiger partial charge in [-0.2, -0.15) is 0 Å². The van der Waals surface area contributed by atoms with Gasteiger partial charge in [0.05, 0.1) is 0 Å². The van der Waals surface area contributed by atoms with Crippen LogP contribution >= 0.6 is 0 Å². The standard InChI is InChI=1S/C39H67N7O9/c1-13-15-27(47)41-28(20(4)5)34(49)45-32-24(12)55-39(54)31(23(10)11)44-36(51)30(22(8)9)43-35(50)29(21(6)7)42-33(48)26-16-14-17-46(26)38(53)25(18-19(2)3)40-37(32)52/h19-26,28-32H,13-18H2,1-12H3,(H,40,52)(H,41,47)(H,42,48)(H,43,50)(H,44,51)(H,45,49)/t24-,25-,26+,28+,29+,30+,31+,32+/m1/s1. The highest BCUT2D eigenvalue weighted by molar-refractivity contribution is 5.98. The Bertz CT molecular complexity index is 1400. The van der Waals surface area contributed by atoms with Gasteiger partial charge >= 0.3 is 5.97 Å². The highest BCUT2D eigenvalue weighted by Gasteiger charge is 2.43. The van der Waals surface area contributed by atoms with Gasteiger partial charge in [0.2, 0.25) is 41.4 Å². The molecule has 312 valence electrons. The minimum atomic E-state index is -1.54. The number of hydrogen-bond donors (Lipinski definition) is 6. The maximum absolute atomic E-state index is 14.3. The number of cyclic esters (lactones) is 1. The number of nitrogens with one attached hydrogen (secondary N) is 6. The van der Waals surface area contributed by atoms with Gasteiger partial charge in [-0.25, -0.2) is 4.79 Å². The number of hydrogen-bond acceptors (Lipinski definition) is 9. The van der Waals surface area contributed by atoms with Crippen LogP contribution in [0.1, 0.15) is 115 Å². The molecule has 8 atom stereocenters. The molecular weight excluding hydrogens is 710 g/mol. The highest BCUT2D eigenvalue weighted by atomic mass is 16.5. The van der Waals surface area contributed by atoms with Crippen molar-refractivity contribution < 1.29 is 43.1 Å². The van der Waals surface area contributed by atoms with Crippen LogP contribution in [0.25, 0.3) is 0 Å². The molecule has 0 bridgehead atoms. The monoisotopic (exact) mass is 778 g/mol. The molecule has 0 radical (unpaired) electrons. The Labute approximate surface area is 326 Å². The van der Waals surface area contributed by atoms with Crippen molar-refractivity contribution in [3.8, 4) is 0 Å². The van der Waals surface area contributed by atoms with Crippen molar-refractivity contribution in [3.05, 3.63) is 0 Å². The first kappa shape index (κ1) is 46.9. The van der Waals surface area contributed by atoms with Crippen LogP contribution in [-0.2, 0) is 43.1 Å². The van der Waals surface area contributed by atoms with Crippen LogP contribution in [0.15, 0.2) is 0 Å². The molecule has 0 unspecified atom stereocenters. The summed E-state index contributed by atoms with van der Waals surface area (Å²) in [5, 5.41) is 16.4. The van der Waals surface area contributed by atoms with Crippen molar-refractivity contribution in [3.63, 3.8) is 0 Å². The molecule has 2 aliphatic rings. The summed E-state index contributed by atoms with van der Waals surface area (Å²) >= 11 is 0. The number of rotatable bonds is 11. The van der Waals surface area contributed by atoms with Gasteiger partial charge < -0.3 is 41.5 Å². The first-order valence-corrected chi connectivity index (χ1v) is 19.9. The fourth-order valence-electron chi connectivity index (χ4n) is 6.73. The van der Waals surface area contributed by atoms with Crippen molar-refractivity contribution in [2.24, 2.45) is 29.6 Å². The molecule has 0 aliphatic carbocycles. The second kappa shape index (κ2) is 21.2. The lowest BCUT2D eigenvalue weighted by Gasteiger charge is -2.33. The van der Waals surface area contributed by atoms with E-state index in [4.69, 9.17) is 4.74 Å². The van der Waals surface area contributed by atoms with E-state index in [0.717, 1.165) is 0 Å². The summed E-state index contributed by atoms with van der Waals surface area (Å²) in [6.45, 7) is 21.0. The lowest BCUT2D eigenvalue weighted by Crippen LogP contribution is -2.62. The van der Waals surface area contributed by atoms with Crippen molar-refractivity contribution in [2.45, 2.75) is 164 Å². The van der Waals surface area contributed by atoms with Gasteiger partial charge in [0, 0.05) is 13.0 Å². The molecule has 2 saturated heterocycles. The van der Waals surface area contributed by atoms with Crippen molar-refractivity contribution in [2.75, 3.05) is 6.54 Å². The lowest BCUT2D eigenvalue weighted by atomic mass is 9.98. The maximum Gasteiger partial charge on any atom is 0.329 e. The Balaban J connectivity index is 2.71. The van der Waals surface area contributed by atoms with Crippen LogP contribution in [0.2, 0.25) is 0 Å². The van der Waals surface area contributed by atoms with E-state index in [1.54, 1.807) is 55.4 Å². The fourth-order valence-corrected chi connectivity index (χ4v) is 6.73. The fraction of sp³-hybridized carbons (Fsp3) is 0.795. The molecule has 0 saturated carbocycles. The minimum absolute atomic E-state index is 0.0912. The first-order chi connectivity index (χ1) is 25.6. The number of carbonyl (C=O) groups is 8. The molecule has 2 rings (SSSR count). The van der Waals surface area contributed by atoms with Gasteiger partial charge in [-0.15, -0.1) is 0 Å². The molecule has 0 spiro atoms. The van der Waals surface area contributed by atoms with E-state index in [1.807, 2.05) is 20.8 Å². The summed E-state index contributed by atoms with van der Waals surface area (Å²) < 4.78 is 5.82. The van der Waals surface area contributed by atoms with E-state index in [-0.39, 0.29) is 37.1 Å². The molecule has 2 fully saturated rings. The van der Waals surface area contributed by atoms with Crippen LogP contribution in [-0.4, -0.2) is 107 Å². The number of ether oxygens (including phenoxy) is 1. The van der Waals surface area contributed by atoms with Gasteiger partial charge in [0.15, 0.2) is 0 Å². The van der Waals surface area contributed by atoms with Gasteiger partial charge in [-0.1, -0.05) is 76.2 Å². The predicted octanol–water partition coefficient (Wildman–Crippen LogP) is 1.30. The zero-order valence-electron chi connectivity index (χ0n) is 34.9. The maximum atomic E-state index is 14.3. The first-order valence-electron chi connectivity index (χ1n) is 19.9. The quantitative estimate of drug-likeness (QED) is 0.166. The zero-order valence-corrected chi connectivity index (χ0v) is 34.9. The Hall–Kier alpha value is -4.24. The van der Waals surface area contributed by atoms with E-state index < -0.39 is 108 Å². The number of fused-ring (bicyclic) bond motifs is 1. The van der Waals surface area contributed by atoms with Gasteiger partial charge in [-0.3, -0.25) is 33.6 Å². The summed E-state index contributed by atoms with van der Waals surface area (Å²) in [5.74, 6) is -6.89. The van der Waals surface area contributed by atoms with Crippen LogP contribution in [0.5, 0.6) is 0 Å². The lowest BCUT2D eigenvalue weighted by molar-refractivity contribution is -0.157. The Morgan fingerprint density at radius 3 is 1.78 bits per heavy atom. The van der Waals surface area contributed by atoms with Gasteiger partial charge in [0.1, 0.15) is 48.4 Å². The average molecular weight is 778 g/mol. The SMILES string of the molecule is CCCC(=O)N[C@H](C(=O)N[C@@H]1C(=O)N[C@H](CC(C)C)C(=O)N2CCC[C@H]2C(=O)N[C@@H](C(C)C)C(=O)N[C@@H](C(C)C)C(=O)N[C@@H](C(C)C)C(=O)O[C@@H]1C)C(C)C. The van der Waals surface area contributed by atoms with E-state index >= 15 is 0 Å². The summed E-state index contributed by atoms with van der Waals surface area (Å²) in [6.07, 6.45) is 0.418. The summed E-state index contributed by atoms with van der Waals surface area (Å²) in [4.78, 5) is 111. The van der Waals surface area contributed by atoms with Crippen LogP contribution in [0.4, 0.5) is 0 Å². The third kappa shape index (κ3) is 13.2. The smallest absolute Gasteiger partial charge is 0.329 e. The van der Waals surface area contributed by atoms with E-state index in [1.165, 1.54) is 11.8 Å². The van der Waals surface area contributed by atoms with Crippen molar-refractivity contribution in [1.82, 2.24) is 36.8 Å². The summed E-state index contributed by atoms with van der Waals surface area (Å²) in [5.41, 5.74) is 0. The minimum Gasteiger partial charge on any atom is -0.458 e. The zero-order chi connectivity index (χ0) is 41.9. The number of amides is 7. The normalized spacial score (nSPS) is 27.1. The number of esters is 1. The molecule has 16 heteroatoms. The third-order valence-electron chi connectivity index (χ3n) is 9.97. The predicted molar refractivity (Wildman–Crippen MR) is 206 cm³/mol. The molecular formula is C39H67N7O9. The van der Waals surface area contributed by atoms with Gasteiger partial charge in [0.25, 0.3) is 0 Å². The Morgan fingerprint density at radius 1 is 0.764 bits per heavy atom. The summed E-state index contributed by atoms with van der Waals surface area (Å²) in [7, 11) is 0. The number of nitrogens with zero attached hydrogens (tertiary/aromatic N) is 1. The molecule has 55 heavy (non-hydrogen) atoms. The average Bonchev–Trinajstić information content (AvgIpc) is 3.57. The second-order valence-electron chi connectivity index (χ2n) is 16.7. The highest BCUT2D eigenvalue weighted by Crippen LogP contribution is 2.22. The molecule has 6 N–H and O–H groups in total. The van der Waals surface area contributed by atoms with E-state index in [9.17, 15) is 38.4 Å². The van der Waals surface area contributed by atoms with Crippen LogP contribution < -0.4 is 31.9 Å². The van der Waals surface area contributed by atoms with Crippen LogP contribution in [0, 0.1) is 29.6 Å². The molecule has 2 heterocycles. The molecule has 7 amide bonds. The van der Waals surface area contributed by atoms with Crippen molar-refractivity contribution in [1.29, 1.82) is 0 Å². The molecule has 0 aromatic rings. The van der Waals surface area contributed by atoms with Crippen LogP contribution in [0.3, 0.4) is 0 Å². The third-order valence-corrected chi connectivity index (χ3v) is 9.97. The molecule has 16 nitrogen and oxygen atoms in total. The van der Waals surface area contributed by atoms with Crippen molar-refractivity contribution >= 4 is 47.3 Å². The number of carbonyl (C=O) groups excluding carboxylic acids is 8. The molecule has 0 aromatic carbocycles. The Kier molecular flexibility index (Phi) is 18.1. The second-order valence-corrected chi connectivity index (χ2v) is 16.7. The topological polar surface area (TPSA) is 221 Å². The van der Waals surface area contributed by atoms with E-state index in [2.05, 4.69) is 31.9 Å². The largest absolute Gasteiger partial charge is 0.458 e. The van der Waals surface area contributed by atoms with E-state index in [0.29, 0.717) is 19.3 Å². The Morgan fingerprint density at radius 2 is 1.29 bits per heavy atom. The molecule has 0 aromatic heterocycles. The summed E-state index contributed by atoms with van der Waals surface area (Å²) in [6, 6.07) is -8.02. The van der Waals surface area contributed by atoms with Gasteiger partial charge in [-0.05, 0) is 62.2 Å².